The molecule has 1 amide bonds. The number of amides is 1. The number of carbonyl (C=O) groups is 2. The minimum atomic E-state index is -0.539. The van der Waals surface area contributed by atoms with E-state index < -0.39 is 5.92 Å². The lowest BCUT2D eigenvalue weighted by Crippen LogP contribution is -2.37. The minimum absolute atomic E-state index is 0.00204. The smallest absolute Gasteiger partial charge is 0.254 e. The van der Waals surface area contributed by atoms with Crippen molar-refractivity contribution in [3.8, 4) is 11.5 Å². The summed E-state index contributed by atoms with van der Waals surface area (Å²) in [6.07, 6.45) is 0.941. The van der Waals surface area contributed by atoms with Gasteiger partial charge >= 0.3 is 0 Å². The zero-order valence-corrected chi connectivity index (χ0v) is 23.2. The topological polar surface area (TPSA) is 76.7 Å². The summed E-state index contributed by atoms with van der Waals surface area (Å²) in [7, 11) is 3.20. The van der Waals surface area contributed by atoms with Crippen molar-refractivity contribution < 1.29 is 19.1 Å². The first kappa shape index (κ1) is 26.6. The van der Waals surface area contributed by atoms with Crippen LogP contribution in [-0.4, -0.2) is 25.9 Å². The van der Waals surface area contributed by atoms with E-state index in [2.05, 4.69) is 10.6 Å². The second kappa shape index (κ2) is 11.0. The van der Waals surface area contributed by atoms with Crippen molar-refractivity contribution in [3.63, 3.8) is 0 Å². The average Bonchev–Trinajstić information content (AvgIpc) is 2.92. The van der Waals surface area contributed by atoms with Crippen molar-refractivity contribution in [1.29, 1.82) is 0 Å². The van der Waals surface area contributed by atoms with E-state index in [0.717, 1.165) is 28.1 Å². The van der Waals surface area contributed by atoms with Gasteiger partial charge in [0, 0.05) is 45.6 Å². The highest BCUT2D eigenvalue weighted by atomic mass is 35.5. The highest BCUT2D eigenvalue weighted by Gasteiger charge is 2.41. The normalized spacial score (nSPS) is 18.8. The van der Waals surface area contributed by atoms with Gasteiger partial charge in [0.25, 0.3) is 5.91 Å². The Balaban J connectivity index is 1.55. The van der Waals surface area contributed by atoms with Crippen LogP contribution in [0.15, 0.2) is 89.3 Å². The van der Waals surface area contributed by atoms with Crippen LogP contribution < -0.4 is 20.1 Å². The van der Waals surface area contributed by atoms with Crippen LogP contribution in [0.25, 0.3) is 0 Å². The number of para-hydroxylation sites is 1. The number of Topliss-reactive ketones (excluding diaryl/α,β-unsaturated/α-hetero) is 1. The maximum atomic E-state index is 13.9. The van der Waals surface area contributed by atoms with E-state index in [9.17, 15) is 9.59 Å². The number of nitrogens with one attached hydrogen (secondary N) is 2. The Morgan fingerprint density at radius 2 is 1.69 bits per heavy atom. The van der Waals surface area contributed by atoms with Crippen molar-refractivity contribution in [2.45, 2.75) is 38.5 Å². The largest absolute Gasteiger partial charge is 0.493 e. The van der Waals surface area contributed by atoms with Gasteiger partial charge in [0.1, 0.15) is 0 Å². The molecule has 39 heavy (non-hydrogen) atoms. The molecule has 0 spiro atoms. The molecular weight excluding hydrogens is 512 g/mol. The number of benzene rings is 3. The molecule has 2 aliphatic rings. The number of allylic oxidation sites excluding steroid dienone is 3. The number of dihydropyridines is 1. The first-order valence-electron chi connectivity index (χ1n) is 12.9. The number of hydrogen-bond donors (Lipinski definition) is 2. The Labute approximate surface area is 233 Å². The van der Waals surface area contributed by atoms with Gasteiger partial charge < -0.3 is 20.1 Å². The van der Waals surface area contributed by atoms with E-state index in [1.807, 2.05) is 74.5 Å². The standard InChI is InChI=1S/C32H31ClN2O4/c1-18-8-5-6-11-24(18)35-32(37)29-19(2)34-25-15-22(20-12-13-27(38-3)28(17-20)39-4)16-26(36)31(25)30(29)21-9-7-10-23(33)14-21/h5-14,17,22,30,34H,15-16H2,1-4H3,(H,35,37)/t22-,30+/m0/s1. The SMILES string of the molecule is COc1ccc([C@@H]2CC(=O)C3=C(C2)NC(C)=C(C(=O)Nc2ccccc2C)[C@H]3c2cccc(Cl)c2)cc1OC. The summed E-state index contributed by atoms with van der Waals surface area (Å²) < 4.78 is 10.9. The molecule has 3 aromatic carbocycles. The molecule has 7 heteroatoms. The molecule has 1 aliphatic carbocycles. The van der Waals surface area contributed by atoms with Crippen LogP contribution in [0.2, 0.25) is 5.02 Å². The molecule has 2 atom stereocenters. The molecule has 200 valence electrons. The number of carbonyl (C=O) groups excluding carboxylic acids is 2. The maximum Gasteiger partial charge on any atom is 0.254 e. The molecule has 0 saturated heterocycles. The van der Waals surface area contributed by atoms with Gasteiger partial charge in [-0.25, -0.2) is 0 Å². The van der Waals surface area contributed by atoms with Crippen LogP contribution in [0.1, 0.15) is 48.3 Å². The second-order valence-corrected chi connectivity index (χ2v) is 10.4. The fourth-order valence-corrected chi connectivity index (χ4v) is 5.80. The van der Waals surface area contributed by atoms with Crippen molar-refractivity contribution in [2.24, 2.45) is 0 Å². The molecule has 5 rings (SSSR count). The van der Waals surface area contributed by atoms with Crippen LogP contribution in [0.4, 0.5) is 5.69 Å². The third-order valence-corrected chi connectivity index (χ3v) is 7.76. The Kier molecular flexibility index (Phi) is 7.49. The number of halogens is 1. The lowest BCUT2D eigenvalue weighted by Gasteiger charge is -2.37. The number of ketones is 1. The zero-order valence-electron chi connectivity index (χ0n) is 22.4. The molecule has 0 unspecified atom stereocenters. The summed E-state index contributed by atoms with van der Waals surface area (Å²) in [5.74, 6) is 0.439. The number of methoxy groups -OCH3 is 2. The molecule has 0 bridgehead atoms. The lowest BCUT2D eigenvalue weighted by atomic mass is 9.71. The summed E-state index contributed by atoms with van der Waals surface area (Å²) in [6.45, 7) is 3.84. The molecule has 2 N–H and O–H groups in total. The van der Waals surface area contributed by atoms with E-state index in [4.69, 9.17) is 21.1 Å². The van der Waals surface area contributed by atoms with Crippen LogP contribution in [0, 0.1) is 6.92 Å². The highest BCUT2D eigenvalue weighted by Crippen LogP contribution is 2.46. The minimum Gasteiger partial charge on any atom is -0.493 e. The van der Waals surface area contributed by atoms with Gasteiger partial charge in [0.05, 0.1) is 14.2 Å². The van der Waals surface area contributed by atoms with Gasteiger partial charge in [-0.1, -0.05) is 48.0 Å². The van der Waals surface area contributed by atoms with Gasteiger partial charge in [0.15, 0.2) is 17.3 Å². The summed E-state index contributed by atoms with van der Waals surface area (Å²) in [6, 6.07) is 20.8. The average molecular weight is 543 g/mol. The summed E-state index contributed by atoms with van der Waals surface area (Å²) in [5, 5.41) is 7.05. The quantitative estimate of drug-likeness (QED) is 0.364. The van der Waals surface area contributed by atoms with E-state index in [0.29, 0.717) is 46.2 Å². The number of anilines is 1. The fourth-order valence-electron chi connectivity index (χ4n) is 5.60. The van der Waals surface area contributed by atoms with Crippen LogP contribution >= 0.6 is 11.6 Å². The molecule has 1 heterocycles. The predicted molar refractivity (Wildman–Crippen MR) is 153 cm³/mol. The number of hydrogen-bond acceptors (Lipinski definition) is 5. The first-order valence-corrected chi connectivity index (χ1v) is 13.3. The molecule has 0 fully saturated rings. The Hall–Kier alpha value is -4.03. The van der Waals surface area contributed by atoms with Gasteiger partial charge in [-0.2, -0.15) is 0 Å². The Bertz CT molecular complexity index is 1520. The zero-order chi connectivity index (χ0) is 27.7. The molecule has 6 nitrogen and oxygen atoms in total. The van der Waals surface area contributed by atoms with Crippen molar-refractivity contribution in [3.05, 3.63) is 111 Å². The summed E-state index contributed by atoms with van der Waals surface area (Å²) in [4.78, 5) is 27.7. The van der Waals surface area contributed by atoms with Gasteiger partial charge in [0.2, 0.25) is 0 Å². The van der Waals surface area contributed by atoms with Crippen LogP contribution in [0.5, 0.6) is 11.5 Å². The van der Waals surface area contributed by atoms with E-state index >= 15 is 0 Å². The summed E-state index contributed by atoms with van der Waals surface area (Å²) >= 11 is 6.39. The molecule has 0 saturated carbocycles. The summed E-state index contributed by atoms with van der Waals surface area (Å²) in [5.41, 5.74) is 6.18. The van der Waals surface area contributed by atoms with E-state index in [1.54, 1.807) is 20.3 Å². The third-order valence-electron chi connectivity index (χ3n) is 7.53. The van der Waals surface area contributed by atoms with Crippen molar-refractivity contribution in [1.82, 2.24) is 5.32 Å². The molecule has 1 aliphatic heterocycles. The van der Waals surface area contributed by atoms with Gasteiger partial charge in [-0.05, 0) is 73.2 Å². The number of ether oxygens (including phenoxy) is 2. The monoisotopic (exact) mass is 542 g/mol. The Morgan fingerprint density at radius 3 is 2.41 bits per heavy atom. The van der Waals surface area contributed by atoms with Gasteiger partial charge in [-0.3, -0.25) is 9.59 Å². The van der Waals surface area contributed by atoms with E-state index in [-0.39, 0.29) is 17.6 Å². The van der Waals surface area contributed by atoms with Crippen LogP contribution in [0.3, 0.4) is 0 Å². The first-order chi connectivity index (χ1) is 18.8. The third kappa shape index (κ3) is 5.17. The number of aryl methyl sites for hydroxylation is 1. The van der Waals surface area contributed by atoms with E-state index in [1.165, 1.54) is 0 Å². The second-order valence-electron chi connectivity index (χ2n) is 9.96. The highest BCUT2D eigenvalue weighted by molar-refractivity contribution is 6.30. The fraction of sp³-hybridized carbons (Fsp3) is 0.250. The Morgan fingerprint density at radius 1 is 0.923 bits per heavy atom. The molecular formula is C32H31ClN2O4. The predicted octanol–water partition coefficient (Wildman–Crippen LogP) is 6.67. The van der Waals surface area contributed by atoms with Crippen molar-refractivity contribution in [2.75, 3.05) is 19.5 Å². The van der Waals surface area contributed by atoms with Crippen molar-refractivity contribution >= 4 is 29.0 Å². The molecule has 0 aromatic heterocycles. The van der Waals surface area contributed by atoms with Gasteiger partial charge in [-0.15, -0.1) is 0 Å². The maximum absolute atomic E-state index is 13.9. The lowest BCUT2D eigenvalue weighted by molar-refractivity contribution is -0.116. The number of rotatable bonds is 6. The molecule has 0 radical (unpaired) electrons. The van der Waals surface area contributed by atoms with Crippen LogP contribution in [-0.2, 0) is 9.59 Å². The molecule has 3 aromatic rings.